The lowest BCUT2D eigenvalue weighted by Crippen LogP contribution is -2.37. The molecule has 1 amide bonds. The predicted octanol–water partition coefficient (Wildman–Crippen LogP) is 1.13. The number of hydrogen-bond acceptors (Lipinski definition) is 5. The van der Waals surface area contributed by atoms with Crippen molar-refractivity contribution in [3.63, 3.8) is 0 Å². The number of aromatic nitrogens is 1. The van der Waals surface area contributed by atoms with Gasteiger partial charge in [0.05, 0.1) is 12.8 Å². The Hall–Kier alpha value is -1.63. The molecule has 0 aromatic carbocycles. The van der Waals surface area contributed by atoms with Crippen molar-refractivity contribution >= 4 is 15.7 Å². The number of likely N-dealkylation sites (tertiary alicyclic amines) is 1. The average molecular weight is 338 g/mol. The van der Waals surface area contributed by atoms with E-state index in [1.807, 2.05) is 12.1 Å². The molecule has 0 N–H and O–H groups in total. The van der Waals surface area contributed by atoms with Crippen LogP contribution in [-0.2, 0) is 14.6 Å². The smallest absolute Gasteiger partial charge is 0.237 e. The van der Waals surface area contributed by atoms with Gasteiger partial charge in [0.2, 0.25) is 5.91 Å². The van der Waals surface area contributed by atoms with Gasteiger partial charge in [-0.2, -0.15) is 0 Å². The van der Waals surface area contributed by atoms with E-state index in [1.54, 1.807) is 17.3 Å². The summed E-state index contributed by atoms with van der Waals surface area (Å²) < 4.78 is 28.6. The molecule has 126 valence electrons. The van der Waals surface area contributed by atoms with Gasteiger partial charge in [-0.15, -0.1) is 0 Å². The largest absolute Gasteiger partial charge is 0.491 e. The maximum Gasteiger partial charge on any atom is 0.237 e. The molecule has 1 aromatic heterocycles. The molecule has 1 aromatic rings. The van der Waals surface area contributed by atoms with Crippen molar-refractivity contribution < 1.29 is 17.9 Å². The lowest BCUT2D eigenvalue weighted by molar-refractivity contribution is -0.128. The number of fused-ring (bicyclic) bond motifs is 1. The van der Waals surface area contributed by atoms with Crippen LogP contribution >= 0.6 is 0 Å². The standard InChI is InChI=1S/C16H22N2O4S/c1-23(20,21)10-15(19)18-9-13-4-2-6-16(13,11-18)12-22-14-5-3-7-17-8-14/h3,5,7-8,13H,2,4,6,9-12H2,1H3/t13-,16+/m1/s1. The minimum Gasteiger partial charge on any atom is -0.491 e. The highest BCUT2D eigenvalue weighted by atomic mass is 32.2. The van der Waals surface area contributed by atoms with E-state index in [1.165, 1.54) is 0 Å². The zero-order valence-corrected chi connectivity index (χ0v) is 14.1. The summed E-state index contributed by atoms with van der Waals surface area (Å²) in [6.07, 6.45) is 7.70. The number of ether oxygens (including phenoxy) is 1. The summed E-state index contributed by atoms with van der Waals surface area (Å²) in [4.78, 5) is 18.0. The highest BCUT2D eigenvalue weighted by molar-refractivity contribution is 7.91. The first kappa shape index (κ1) is 16.2. The normalized spacial score (nSPS) is 27.0. The summed E-state index contributed by atoms with van der Waals surface area (Å²) in [5.41, 5.74) is -0.0526. The molecule has 2 heterocycles. The van der Waals surface area contributed by atoms with Crippen LogP contribution in [0.25, 0.3) is 0 Å². The first-order chi connectivity index (χ1) is 10.9. The van der Waals surface area contributed by atoms with Gasteiger partial charge in [-0.25, -0.2) is 8.42 Å². The third-order valence-corrected chi connectivity index (χ3v) is 5.71. The number of carbonyl (C=O) groups excluding carboxylic acids is 1. The minimum atomic E-state index is -3.29. The van der Waals surface area contributed by atoms with E-state index in [2.05, 4.69) is 4.98 Å². The highest BCUT2D eigenvalue weighted by Crippen LogP contribution is 2.48. The van der Waals surface area contributed by atoms with Gasteiger partial charge in [-0.3, -0.25) is 9.78 Å². The van der Waals surface area contributed by atoms with Crippen molar-refractivity contribution in [1.82, 2.24) is 9.88 Å². The van der Waals surface area contributed by atoms with Crippen LogP contribution in [0.3, 0.4) is 0 Å². The quantitative estimate of drug-likeness (QED) is 0.804. The van der Waals surface area contributed by atoms with Crippen LogP contribution in [0.5, 0.6) is 5.75 Å². The number of pyridine rings is 1. The number of nitrogens with zero attached hydrogens (tertiary/aromatic N) is 2. The van der Waals surface area contributed by atoms with Crippen LogP contribution in [-0.4, -0.2) is 55.9 Å². The molecule has 23 heavy (non-hydrogen) atoms. The zero-order chi connectivity index (χ0) is 16.5. The second-order valence-corrected chi connectivity index (χ2v) is 8.91. The Balaban J connectivity index is 1.67. The Kier molecular flexibility index (Phi) is 4.31. The lowest BCUT2D eigenvalue weighted by Gasteiger charge is -2.28. The van der Waals surface area contributed by atoms with Crippen LogP contribution in [0.4, 0.5) is 0 Å². The summed E-state index contributed by atoms with van der Waals surface area (Å²) >= 11 is 0. The summed E-state index contributed by atoms with van der Waals surface area (Å²) in [6.45, 7) is 1.78. The van der Waals surface area contributed by atoms with Crippen LogP contribution in [0, 0.1) is 11.3 Å². The van der Waals surface area contributed by atoms with Crippen LogP contribution in [0.2, 0.25) is 0 Å². The van der Waals surface area contributed by atoms with Gasteiger partial charge in [-0.05, 0) is 30.9 Å². The van der Waals surface area contributed by atoms with Crippen molar-refractivity contribution in [2.45, 2.75) is 19.3 Å². The zero-order valence-electron chi connectivity index (χ0n) is 13.3. The van der Waals surface area contributed by atoms with Crippen LogP contribution in [0.15, 0.2) is 24.5 Å². The minimum absolute atomic E-state index is 0.0526. The van der Waals surface area contributed by atoms with Gasteiger partial charge in [0, 0.05) is 31.0 Å². The Morgan fingerprint density at radius 2 is 2.35 bits per heavy atom. The molecule has 0 spiro atoms. The van der Waals surface area contributed by atoms with Crippen LogP contribution < -0.4 is 4.74 Å². The fraction of sp³-hybridized carbons (Fsp3) is 0.625. The van der Waals surface area contributed by atoms with E-state index in [0.29, 0.717) is 25.6 Å². The number of hydrogen-bond donors (Lipinski definition) is 0. The van der Waals surface area contributed by atoms with Gasteiger partial charge in [0.15, 0.2) is 9.84 Å². The SMILES string of the molecule is CS(=O)(=O)CC(=O)N1C[C@H]2CCC[C@@]2(COc2cccnc2)C1. The molecule has 1 saturated heterocycles. The van der Waals surface area contributed by atoms with E-state index in [0.717, 1.165) is 31.3 Å². The summed E-state index contributed by atoms with van der Waals surface area (Å²) in [5.74, 6) is 0.429. The molecule has 1 aliphatic carbocycles. The van der Waals surface area contributed by atoms with E-state index in [-0.39, 0.29) is 11.3 Å². The molecule has 0 radical (unpaired) electrons. The second kappa shape index (κ2) is 6.11. The van der Waals surface area contributed by atoms with Gasteiger partial charge in [0.1, 0.15) is 11.5 Å². The van der Waals surface area contributed by atoms with Crippen molar-refractivity contribution in [3.8, 4) is 5.75 Å². The monoisotopic (exact) mass is 338 g/mol. The van der Waals surface area contributed by atoms with Gasteiger partial charge < -0.3 is 9.64 Å². The number of amides is 1. The first-order valence-corrected chi connectivity index (χ1v) is 9.92. The molecule has 0 unspecified atom stereocenters. The van der Waals surface area contributed by atoms with E-state index >= 15 is 0 Å². The highest BCUT2D eigenvalue weighted by Gasteiger charge is 2.51. The average Bonchev–Trinajstić information content (AvgIpc) is 3.01. The first-order valence-electron chi connectivity index (χ1n) is 7.86. The third kappa shape index (κ3) is 3.65. The fourth-order valence-electron chi connectivity index (χ4n) is 3.82. The predicted molar refractivity (Wildman–Crippen MR) is 85.8 cm³/mol. The van der Waals surface area contributed by atoms with Crippen molar-refractivity contribution in [2.24, 2.45) is 11.3 Å². The molecule has 2 aliphatic rings. The Bertz CT molecular complexity index is 677. The maximum absolute atomic E-state index is 12.2. The van der Waals surface area contributed by atoms with Gasteiger partial charge in [0.25, 0.3) is 0 Å². The fourth-order valence-corrected chi connectivity index (χ4v) is 4.45. The van der Waals surface area contributed by atoms with Gasteiger partial charge in [-0.1, -0.05) is 6.42 Å². The van der Waals surface area contributed by atoms with Crippen molar-refractivity contribution in [1.29, 1.82) is 0 Å². The summed E-state index contributed by atoms with van der Waals surface area (Å²) in [5, 5.41) is 0. The molecule has 2 atom stereocenters. The molecule has 3 rings (SSSR count). The molecular weight excluding hydrogens is 316 g/mol. The number of carbonyl (C=O) groups is 1. The molecular formula is C16H22N2O4S. The molecule has 7 heteroatoms. The van der Waals surface area contributed by atoms with E-state index in [4.69, 9.17) is 4.74 Å². The Labute approximate surface area is 136 Å². The van der Waals surface area contributed by atoms with Gasteiger partial charge >= 0.3 is 0 Å². The summed E-state index contributed by atoms with van der Waals surface area (Å²) in [6, 6.07) is 3.70. The molecule has 0 bridgehead atoms. The molecule has 6 nitrogen and oxygen atoms in total. The summed E-state index contributed by atoms with van der Waals surface area (Å²) in [7, 11) is -3.29. The van der Waals surface area contributed by atoms with E-state index in [9.17, 15) is 13.2 Å². The Morgan fingerprint density at radius 3 is 3.04 bits per heavy atom. The third-order valence-electron chi connectivity index (χ3n) is 4.94. The van der Waals surface area contributed by atoms with E-state index < -0.39 is 15.6 Å². The Morgan fingerprint density at radius 1 is 1.52 bits per heavy atom. The van der Waals surface area contributed by atoms with Crippen molar-refractivity contribution in [2.75, 3.05) is 31.7 Å². The molecule has 1 saturated carbocycles. The van der Waals surface area contributed by atoms with Crippen molar-refractivity contribution in [3.05, 3.63) is 24.5 Å². The molecule has 2 fully saturated rings. The second-order valence-electron chi connectivity index (χ2n) is 6.77. The molecule has 1 aliphatic heterocycles. The number of sulfone groups is 1. The lowest BCUT2D eigenvalue weighted by atomic mass is 9.81. The maximum atomic E-state index is 12.2. The van der Waals surface area contributed by atoms with Crippen LogP contribution in [0.1, 0.15) is 19.3 Å². The topological polar surface area (TPSA) is 76.6 Å². The number of rotatable bonds is 5.